The Bertz CT molecular complexity index is 1670. The molecule has 1 saturated carbocycles. The zero-order valence-corrected chi connectivity index (χ0v) is 23.3. The fourth-order valence-electron chi connectivity index (χ4n) is 5.55. The Labute approximate surface area is 240 Å². The average Bonchev–Trinajstić information content (AvgIpc) is 3.71. The van der Waals surface area contributed by atoms with Crippen molar-refractivity contribution >= 4 is 29.2 Å². The summed E-state index contributed by atoms with van der Waals surface area (Å²) in [5, 5.41) is 0.520. The Morgan fingerprint density at radius 3 is 2.65 bits per heavy atom. The topological polar surface area (TPSA) is 64.7 Å². The molecule has 3 aliphatic rings. The Morgan fingerprint density at radius 2 is 1.90 bits per heavy atom. The van der Waals surface area contributed by atoms with Gasteiger partial charge in [-0.05, 0) is 100 Å². The van der Waals surface area contributed by atoms with Gasteiger partial charge in [-0.15, -0.1) is 0 Å². The van der Waals surface area contributed by atoms with E-state index in [1.807, 2.05) is 36.4 Å². The maximum atomic E-state index is 13.4. The standard InChI is InChI=1S/C35H31ClN2O2/c1-21-7-10-27-16-29(21)30(18-33(39)23(3)25-8-9-25)26-6-4-5-24(15-26)13-14-40-34-17-28(11-12-32(34)36)35(27,37)31-20-38-19-22(31)2/h4-7,10-12,15-20,25H,2-3,8-9,13-14,37H2,1H3/b30-18-. The number of halogens is 1. The molecular formula is C35H31ClN2O2. The van der Waals surface area contributed by atoms with Crippen molar-refractivity contribution < 1.29 is 9.53 Å². The molecule has 5 heteroatoms. The Balaban J connectivity index is 1.62. The number of aryl methyl sites for hydroxylation is 1. The maximum absolute atomic E-state index is 13.4. The number of allylic oxidation sites excluding steroid dienone is 2. The molecular weight excluding hydrogens is 516 g/mol. The molecule has 200 valence electrons. The van der Waals surface area contributed by atoms with Gasteiger partial charge in [0.15, 0.2) is 5.78 Å². The second-order valence-corrected chi connectivity index (χ2v) is 11.3. The lowest BCUT2D eigenvalue weighted by atomic mass is 9.74. The smallest absolute Gasteiger partial charge is 0.182 e. The van der Waals surface area contributed by atoms with Crippen LogP contribution in [0.5, 0.6) is 5.75 Å². The van der Waals surface area contributed by atoms with E-state index in [1.54, 1.807) is 18.5 Å². The first kappa shape index (κ1) is 26.2. The number of hydrogen-bond acceptors (Lipinski definition) is 4. The summed E-state index contributed by atoms with van der Waals surface area (Å²) >= 11 is 6.57. The molecule has 0 saturated heterocycles. The van der Waals surface area contributed by atoms with Gasteiger partial charge in [0.1, 0.15) is 5.75 Å². The van der Waals surface area contributed by atoms with E-state index < -0.39 is 5.54 Å². The maximum Gasteiger partial charge on any atom is 0.182 e. The highest BCUT2D eigenvalue weighted by Crippen LogP contribution is 2.43. The lowest BCUT2D eigenvalue weighted by Gasteiger charge is -2.34. The molecule has 1 fully saturated rings. The summed E-state index contributed by atoms with van der Waals surface area (Å²) in [5.41, 5.74) is 15.0. The molecule has 2 heterocycles. The van der Waals surface area contributed by atoms with E-state index in [0.717, 1.165) is 62.9 Å². The third-order valence-electron chi connectivity index (χ3n) is 8.12. The highest BCUT2D eigenvalue weighted by molar-refractivity contribution is 6.32. The minimum absolute atomic E-state index is 0.0289. The second-order valence-electron chi connectivity index (χ2n) is 10.8. The zero-order valence-electron chi connectivity index (χ0n) is 22.5. The summed E-state index contributed by atoms with van der Waals surface area (Å²) in [7, 11) is 0. The SMILES string of the molecule is C=C1C=NC=C1C1(N)c2ccc(Cl)c(c2)OCCc2cccc(c2)/C(=C/C(=O)C(=C)C2CC2)c2cc1ccc2C. The number of ketones is 1. The molecule has 3 aromatic carbocycles. The molecule has 6 bridgehead atoms. The molecule has 0 amide bonds. The van der Waals surface area contributed by atoms with Crippen LogP contribution in [0, 0.1) is 12.8 Å². The number of ether oxygens (including phenoxy) is 1. The monoisotopic (exact) mass is 546 g/mol. The van der Waals surface area contributed by atoms with E-state index in [4.69, 9.17) is 22.1 Å². The van der Waals surface area contributed by atoms with E-state index >= 15 is 0 Å². The normalized spacial score (nSPS) is 21.0. The molecule has 6 rings (SSSR count). The van der Waals surface area contributed by atoms with Crippen molar-refractivity contribution in [1.29, 1.82) is 0 Å². The number of fused-ring (bicyclic) bond motifs is 6. The van der Waals surface area contributed by atoms with Crippen molar-refractivity contribution in [3.05, 3.63) is 141 Å². The Kier molecular flexibility index (Phi) is 6.69. The largest absolute Gasteiger partial charge is 0.492 e. The van der Waals surface area contributed by atoms with Crippen molar-refractivity contribution in [2.75, 3.05) is 6.61 Å². The summed E-state index contributed by atoms with van der Waals surface area (Å²) in [4.78, 5) is 17.8. The minimum atomic E-state index is -1.10. The third-order valence-corrected chi connectivity index (χ3v) is 8.44. The van der Waals surface area contributed by atoms with Gasteiger partial charge < -0.3 is 10.5 Å². The molecule has 2 aliphatic heterocycles. The molecule has 0 spiro atoms. The Hall–Kier alpha value is -3.99. The summed E-state index contributed by atoms with van der Waals surface area (Å²) in [6, 6.07) is 20.1. The number of nitrogens with zero attached hydrogens (tertiary/aromatic N) is 1. The van der Waals surface area contributed by atoms with Gasteiger partial charge in [0.25, 0.3) is 0 Å². The predicted molar refractivity (Wildman–Crippen MR) is 163 cm³/mol. The van der Waals surface area contributed by atoms with Gasteiger partial charge >= 0.3 is 0 Å². The summed E-state index contributed by atoms with van der Waals surface area (Å²) in [6.07, 6.45) is 7.96. The van der Waals surface area contributed by atoms with Gasteiger partial charge in [0.05, 0.1) is 17.2 Å². The van der Waals surface area contributed by atoms with E-state index in [9.17, 15) is 4.79 Å². The van der Waals surface area contributed by atoms with E-state index in [0.29, 0.717) is 29.4 Å². The third kappa shape index (κ3) is 4.68. The number of nitrogens with two attached hydrogens (primary N) is 1. The molecule has 4 nitrogen and oxygen atoms in total. The predicted octanol–water partition coefficient (Wildman–Crippen LogP) is 7.28. The first-order valence-electron chi connectivity index (χ1n) is 13.6. The van der Waals surface area contributed by atoms with Gasteiger partial charge in [-0.25, -0.2) is 0 Å². The van der Waals surface area contributed by atoms with E-state index in [-0.39, 0.29) is 11.7 Å². The molecule has 0 aromatic heterocycles. The molecule has 1 aliphatic carbocycles. The lowest BCUT2D eigenvalue weighted by molar-refractivity contribution is -0.111. The number of rotatable bonds is 4. The summed E-state index contributed by atoms with van der Waals surface area (Å²) in [6.45, 7) is 10.8. The lowest BCUT2D eigenvalue weighted by Crippen LogP contribution is -2.40. The number of carbonyl (C=O) groups is 1. The second kappa shape index (κ2) is 10.2. The summed E-state index contributed by atoms with van der Waals surface area (Å²) < 4.78 is 6.19. The molecule has 1 unspecified atom stereocenters. The number of carbonyl (C=O) groups excluding carboxylic acids is 1. The van der Waals surface area contributed by atoms with Crippen LogP contribution in [0.2, 0.25) is 5.02 Å². The fourth-order valence-corrected chi connectivity index (χ4v) is 5.72. The molecule has 0 radical (unpaired) electrons. The minimum Gasteiger partial charge on any atom is -0.492 e. The molecule has 3 aromatic rings. The van der Waals surface area contributed by atoms with Gasteiger partial charge in [-0.2, -0.15) is 0 Å². The number of aliphatic imine (C=N–C) groups is 1. The van der Waals surface area contributed by atoms with Gasteiger partial charge in [0.2, 0.25) is 0 Å². The number of hydrogen-bond donors (Lipinski definition) is 1. The van der Waals surface area contributed by atoms with Crippen LogP contribution in [-0.2, 0) is 16.8 Å². The van der Waals surface area contributed by atoms with Crippen molar-refractivity contribution in [3.8, 4) is 5.75 Å². The van der Waals surface area contributed by atoms with Crippen molar-refractivity contribution in [2.24, 2.45) is 16.6 Å². The van der Waals surface area contributed by atoms with E-state index in [2.05, 4.69) is 49.3 Å². The van der Waals surface area contributed by atoms with Crippen LogP contribution in [-0.4, -0.2) is 18.6 Å². The highest BCUT2D eigenvalue weighted by Gasteiger charge is 2.38. The fraction of sp³-hybridized carbons (Fsp3) is 0.200. The van der Waals surface area contributed by atoms with Crippen LogP contribution in [0.15, 0.2) is 108 Å². The van der Waals surface area contributed by atoms with E-state index in [1.165, 1.54) is 0 Å². The quantitative estimate of drug-likeness (QED) is 0.350. The zero-order chi connectivity index (χ0) is 28.0. The van der Waals surface area contributed by atoms with Gasteiger partial charge in [0, 0.05) is 24.4 Å². The van der Waals surface area contributed by atoms with Crippen LogP contribution in [0.25, 0.3) is 5.57 Å². The van der Waals surface area contributed by atoms with Crippen LogP contribution < -0.4 is 10.5 Å². The van der Waals surface area contributed by atoms with Crippen LogP contribution >= 0.6 is 11.6 Å². The highest BCUT2D eigenvalue weighted by atomic mass is 35.5. The average molecular weight is 547 g/mol. The van der Waals surface area contributed by atoms with Crippen LogP contribution in [0.1, 0.15) is 46.2 Å². The first-order valence-corrected chi connectivity index (χ1v) is 13.9. The molecule has 40 heavy (non-hydrogen) atoms. The molecule has 1 atom stereocenters. The van der Waals surface area contributed by atoms with Gasteiger partial charge in [-0.3, -0.25) is 9.79 Å². The van der Waals surface area contributed by atoms with Crippen molar-refractivity contribution in [1.82, 2.24) is 0 Å². The van der Waals surface area contributed by atoms with Crippen molar-refractivity contribution in [3.63, 3.8) is 0 Å². The molecule has 2 N–H and O–H groups in total. The first-order chi connectivity index (χ1) is 19.3. The summed E-state index contributed by atoms with van der Waals surface area (Å²) in [5.74, 6) is 0.832. The van der Waals surface area contributed by atoms with Crippen molar-refractivity contribution in [2.45, 2.75) is 31.7 Å². The van der Waals surface area contributed by atoms with Crippen LogP contribution in [0.4, 0.5) is 0 Å². The number of benzene rings is 3. The van der Waals surface area contributed by atoms with Crippen LogP contribution in [0.3, 0.4) is 0 Å². The Morgan fingerprint density at radius 1 is 1.12 bits per heavy atom. The van der Waals surface area contributed by atoms with Gasteiger partial charge in [-0.1, -0.05) is 67.2 Å².